The van der Waals surface area contributed by atoms with Gasteiger partial charge in [0.25, 0.3) is 0 Å². The summed E-state index contributed by atoms with van der Waals surface area (Å²) in [5, 5.41) is 8.43. The maximum absolute atomic E-state index is 8.43. The molecular formula is C12H21N. The molecular weight excluding hydrogens is 158 g/mol. The van der Waals surface area contributed by atoms with E-state index in [1.54, 1.807) is 0 Å². The molecule has 13 heavy (non-hydrogen) atoms. The molecule has 0 spiro atoms. The van der Waals surface area contributed by atoms with E-state index >= 15 is 0 Å². The molecule has 1 aliphatic rings. The van der Waals surface area contributed by atoms with E-state index in [0.717, 1.165) is 30.6 Å². The second kappa shape index (κ2) is 5.27. The minimum atomic E-state index is 0.753. The lowest BCUT2D eigenvalue weighted by Gasteiger charge is -2.14. The SMILES string of the molecule is CC(C)C1CCC(CCCC#N)C1. The van der Waals surface area contributed by atoms with Crippen LogP contribution in [0.2, 0.25) is 0 Å². The Hall–Kier alpha value is -0.510. The van der Waals surface area contributed by atoms with Crippen molar-refractivity contribution in [3.63, 3.8) is 0 Å². The maximum Gasteiger partial charge on any atom is 0.0621 e. The molecule has 0 aromatic heterocycles. The fourth-order valence-electron chi connectivity index (χ4n) is 2.45. The highest BCUT2D eigenvalue weighted by molar-refractivity contribution is 4.78. The van der Waals surface area contributed by atoms with Crippen molar-refractivity contribution >= 4 is 0 Å². The number of unbranched alkanes of at least 4 members (excludes halogenated alkanes) is 1. The maximum atomic E-state index is 8.43. The van der Waals surface area contributed by atoms with Gasteiger partial charge in [-0.1, -0.05) is 20.3 Å². The van der Waals surface area contributed by atoms with Crippen LogP contribution in [0.1, 0.15) is 52.4 Å². The molecule has 1 nitrogen and oxygen atoms in total. The average molecular weight is 179 g/mol. The largest absolute Gasteiger partial charge is 0.198 e. The molecule has 74 valence electrons. The Kier molecular flexibility index (Phi) is 4.28. The van der Waals surface area contributed by atoms with Crippen molar-refractivity contribution in [2.45, 2.75) is 52.4 Å². The van der Waals surface area contributed by atoms with E-state index in [0.29, 0.717) is 0 Å². The van der Waals surface area contributed by atoms with Gasteiger partial charge in [-0.25, -0.2) is 0 Å². The second-order valence-corrected chi connectivity index (χ2v) is 4.73. The Morgan fingerprint density at radius 2 is 2.15 bits per heavy atom. The van der Waals surface area contributed by atoms with Crippen molar-refractivity contribution in [2.75, 3.05) is 0 Å². The predicted octanol–water partition coefficient (Wildman–Crippen LogP) is 3.75. The monoisotopic (exact) mass is 179 g/mol. The first kappa shape index (κ1) is 10.6. The van der Waals surface area contributed by atoms with Crippen LogP contribution < -0.4 is 0 Å². The highest BCUT2D eigenvalue weighted by Gasteiger charge is 2.25. The molecule has 1 saturated carbocycles. The van der Waals surface area contributed by atoms with Gasteiger partial charge in [0.1, 0.15) is 0 Å². The summed E-state index contributed by atoms with van der Waals surface area (Å²) in [5.74, 6) is 2.76. The molecule has 0 aliphatic heterocycles. The summed E-state index contributed by atoms with van der Waals surface area (Å²) in [4.78, 5) is 0. The molecule has 0 radical (unpaired) electrons. The van der Waals surface area contributed by atoms with E-state index in [9.17, 15) is 0 Å². The number of hydrogen-bond donors (Lipinski definition) is 0. The minimum absolute atomic E-state index is 0.753. The van der Waals surface area contributed by atoms with Crippen molar-refractivity contribution in [2.24, 2.45) is 17.8 Å². The smallest absolute Gasteiger partial charge is 0.0621 e. The van der Waals surface area contributed by atoms with Crippen LogP contribution in [0.5, 0.6) is 0 Å². The van der Waals surface area contributed by atoms with Crippen LogP contribution in [0, 0.1) is 29.1 Å². The van der Waals surface area contributed by atoms with E-state index in [4.69, 9.17) is 5.26 Å². The van der Waals surface area contributed by atoms with Gasteiger partial charge in [0.05, 0.1) is 6.07 Å². The summed E-state index contributed by atoms with van der Waals surface area (Å²) in [6, 6.07) is 2.23. The van der Waals surface area contributed by atoms with Crippen LogP contribution in [0.3, 0.4) is 0 Å². The fraction of sp³-hybridized carbons (Fsp3) is 0.917. The molecule has 1 fully saturated rings. The lowest BCUT2D eigenvalue weighted by Crippen LogP contribution is -2.04. The number of rotatable bonds is 4. The first-order valence-electron chi connectivity index (χ1n) is 5.61. The van der Waals surface area contributed by atoms with Gasteiger partial charge in [-0.3, -0.25) is 0 Å². The van der Waals surface area contributed by atoms with Gasteiger partial charge in [0.2, 0.25) is 0 Å². The summed E-state index contributed by atoms with van der Waals surface area (Å²) in [6.07, 6.45) is 7.41. The topological polar surface area (TPSA) is 23.8 Å². The summed E-state index contributed by atoms with van der Waals surface area (Å²) in [5.41, 5.74) is 0. The molecule has 0 bridgehead atoms. The van der Waals surface area contributed by atoms with E-state index in [2.05, 4.69) is 19.9 Å². The van der Waals surface area contributed by atoms with Gasteiger partial charge in [-0.15, -0.1) is 0 Å². The number of nitrogens with zero attached hydrogens (tertiary/aromatic N) is 1. The quantitative estimate of drug-likeness (QED) is 0.603. The fourth-order valence-corrected chi connectivity index (χ4v) is 2.45. The zero-order valence-electron chi connectivity index (χ0n) is 8.92. The Labute approximate surface area is 82.1 Å². The molecule has 0 saturated heterocycles. The van der Waals surface area contributed by atoms with E-state index < -0.39 is 0 Å². The number of nitriles is 1. The van der Waals surface area contributed by atoms with Crippen LogP contribution in [0.15, 0.2) is 0 Å². The van der Waals surface area contributed by atoms with E-state index in [1.165, 1.54) is 25.7 Å². The molecule has 0 heterocycles. The number of hydrogen-bond acceptors (Lipinski definition) is 1. The van der Waals surface area contributed by atoms with E-state index in [1.807, 2.05) is 0 Å². The summed E-state index contributed by atoms with van der Waals surface area (Å²) in [6.45, 7) is 4.67. The third-order valence-corrected chi connectivity index (χ3v) is 3.43. The summed E-state index contributed by atoms with van der Waals surface area (Å²) in [7, 11) is 0. The van der Waals surface area contributed by atoms with E-state index in [-0.39, 0.29) is 0 Å². The molecule has 0 aromatic carbocycles. The van der Waals surface area contributed by atoms with Crippen LogP contribution in [0.25, 0.3) is 0 Å². The Bertz CT molecular complexity index is 178. The Morgan fingerprint density at radius 1 is 1.38 bits per heavy atom. The third kappa shape index (κ3) is 3.38. The van der Waals surface area contributed by atoms with Gasteiger partial charge in [-0.2, -0.15) is 5.26 Å². The standard InChI is InChI=1S/C12H21N/c1-10(2)12-7-6-11(9-12)5-3-4-8-13/h10-12H,3-7,9H2,1-2H3. The Balaban J connectivity index is 2.15. The first-order valence-corrected chi connectivity index (χ1v) is 5.61. The average Bonchev–Trinajstić information content (AvgIpc) is 2.53. The molecule has 2 atom stereocenters. The molecule has 0 amide bonds. The predicted molar refractivity (Wildman–Crippen MR) is 55.1 cm³/mol. The van der Waals surface area contributed by atoms with Gasteiger partial charge < -0.3 is 0 Å². The lowest BCUT2D eigenvalue weighted by atomic mass is 9.92. The summed E-state index contributed by atoms with van der Waals surface area (Å²) < 4.78 is 0. The van der Waals surface area contributed by atoms with Gasteiger partial charge in [0, 0.05) is 6.42 Å². The first-order chi connectivity index (χ1) is 6.24. The van der Waals surface area contributed by atoms with Crippen molar-refractivity contribution in [3.8, 4) is 6.07 Å². The normalized spacial score (nSPS) is 27.8. The highest BCUT2D eigenvalue weighted by Crippen LogP contribution is 2.37. The summed E-state index contributed by atoms with van der Waals surface area (Å²) >= 11 is 0. The van der Waals surface area contributed by atoms with Crippen molar-refractivity contribution in [1.82, 2.24) is 0 Å². The zero-order chi connectivity index (χ0) is 9.68. The molecule has 1 heteroatoms. The molecule has 1 aliphatic carbocycles. The molecule has 2 unspecified atom stereocenters. The van der Waals surface area contributed by atoms with Gasteiger partial charge >= 0.3 is 0 Å². The Morgan fingerprint density at radius 3 is 2.69 bits per heavy atom. The van der Waals surface area contributed by atoms with Crippen LogP contribution in [0.4, 0.5) is 0 Å². The third-order valence-electron chi connectivity index (χ3n) is 3.43. The van der Waals surface area contributed by atoms with Crippen LogP contribution in [-0.2, 0) is 0 Å². The molecule has 0 N–H and O–H groups in total. The van der Waals surface area contributed by atoms with Crippen LogP contribution >= 0.6 is 0 Å². The lowest BCUT2D eigenvalue weighted by molar-refractivity contribution is 0.370. The van der Waals surface area contributed by atoms with Gasteiger partial charge in [0.15, 0.2) is 0 Å². The van der Waals surface area contributed by atoms with Gasteiger partial charge in [-0.05, 0) is 43.4 Å². The zero-order valence-corrected chi connectivity index (χ0v) is 8.92. The van der Waals surface area contributed by atoms with Crippen molar-refractivity contribution in [3.05, 3.63) is 0 Å². The van der Waals surface area contributed by atoms with Crippen LogP contribution in [-0.4, -0.2) is 0 Å². The van der Waals surface area contributed by atoms with Crippen molar-refractivity contribution < 1.29 is 0 Å². The minimum Gasteiger partial charge on any atom is -0.198 e. The second-order valence-electron chi connectivity index (χ2n) is 4.73. The highest BCUT2D eigenvalue weighted by atomic mass is 14.3. The van der Waals surface area contributed by atoms with Crippen molar-refractivity contribution in [1.29, 1.82) is 5.26 Å². The molecule has 0 aromatic rings. The molecule has 1 rings (SSSR count).